The van der Waals surface area contributed by atoms with Gasteiger partial charge in [0, 0.05) is 6.42 Å². The first-order valence-electron chi connectivity index (χ1n) is 4.99. The molecule has 2 heterocycles. The molecule has 2 aromatic heterocycles. The highest BCUT2D eigenvalue weighted by molar-refractivity contribution is 6.19. The van der Waals surface area contributed by atoms with Gasteiger partial charge in [-0.15, -0.1) is 0 Å². The van der Waals surface area contributed by atoms with Crippen molar-refractivity contribution in [1.82, 2.24) is 20.2 Å². The molecule has 0 saturated heterocycles. The smallest absolute Gasteiger partial charge is 0.276 e. The summed E-state index contributed by atoms with van der Waals surface area (Å²) in [6.07, 6.45) is 1.71. The van der Waals surface area contributed by atoms with E-state index in [4.69, 9.17) is 21.4 Å². The lowest BCUT2D eigenvalue weighted by Gasteiger charge is -2.08. The Labute approximate surface area is 101 Å². The second-order valence-electron chi connectivity index (χ2n) is 3.35. The van der Waals surface area contributed by atoms with Crippen LogP contribution in [0.3, 0.4) is 0 Å². The lowest BCUT2D eigenvalue weighted by molar-refractivity contribution is 0.0713. The molecule has 0 aliphatic rings. The highest BCUT2D eigenvalue weighted by Crippen LogP contribution is 2.07. The Bertz CT molecular complexity index is 552. The number of hydrogen-bond donors (Lipinski definition) is 3. The minimum absolute atomic E-state index is 0.103. The molecule has 3 N–H and O–H groups in total. The molecule has 0 unspecified atom stereocenters. The van der Waals surface area contributed by atoms with Crippen LogP contribution in [0, 0.1) is 0 Å². The molecule has 7 nitrogen and oxygen atoms in total. The minimum Gasteiger partial charge on any atom is -0.394 e. The van der Waals surface area contributed by atoms with Crippen molar-refractivity contribution in [2.24, 2.45) is 0 Å². The van der Waals surface area contributed by atoms with E-state index in [9.17, 15) is 4.79 Å². The van der Waals surface area contributed by atoms with Gasteiger partial charge in [0.15, 0.2) is 0 Å². The summed E-state index contributed by atoms with van der Waals surface area (Å²) >= 11 is 5.85. The van der Waals surface area contributed by atoms with Gasteiger partial charge in [-0.3, -0.25) is 9.89 Å². The molecule has 0 aromatic carbocycles. The summed E-state index contributed by atoms with van der Waals surface area (Å²) in [5.41, 5.74) is -0.130. The summed E-state index contributed by atoms with van der Waals surface area (Å²) in [6, 6.07) is 0. The van der Waals surface area contributed by atoms with Gasteiger partial charge in [0.2, 0.25) is 0 Å². The van der Waals surface area contributed by atoms with Crippen LogP contribution in [0.1, 0.15) is 5.82 Å². The molecule has 8 heteroatoms. The third kappa shape index (κ3) is 2.82. The standard InChI is InChI=1S/C9H11ClN4O3/c10-6(17-2-1-15)3-7-12-5-4-11-14-8(5)9(16)13-7/h4,6,15H,1-3H2,(H,11,14)(H,12,13,16)/t6-/m1/s1. The number of alkyl halides is 1. The number of aliphatic hydroxyl groups excluding tert-OH is 1. The predicted molar refractivity (Wildman–Crippen MR) is 60.9 cm³/mol. The normalized spacial score (nSPS) is 13.1. The summed E-state index contributed by atoms with van der Waals surface area (Å²) in [5, 5.41) is 14.8. The van der Waals surface area contributed by atoms with Crippen LogP contribution in [0.2, 0.25) is 0 Å². The number of rotatable bonds is 5. The molecule has 17 heavy (non-hydrogen) atoms. The number of H-pyrrole nitrogens is 2. The molecule has 0 spiro atoms. The van der Waals surface area contributed by atoms with Gasteiger partial charge in [-0.05, 0) is 0 Å². The maximum absolute atomic E-state index is 11.6. The SMILES string of the molecule is O=c1[nH]c(C[C@H](Cl)OCCO)nc2cn[nH]c12. The zero-order chi connectivity index (χ0) is 12.3. The van der Waals surface area contributed by atoms with Crippen molar-refractivity contribution >= 4 is 22.6 Å². The largest absolute Gasteiger partial charge is 0.394 e. The van der Waals surface area contributed by atoms with Gasteiger partial charge in [-0.25, -0.2) is 4.98 Å². The van der Waals surface area contributed by atoms with Crippen molar-refractivity contribution in [1.29, 1.82) is 0 Å². The Morgan fingerprint density at radius 1 is 1.59 bits per heavy atom. The van der Waals surface area contributed by atoms with Crippen molar-refractivity contribution in [2.75, 3.05) is 13.2 Å². The van der Waals surface area contributed by atoms with E-state index in [1.807, 2.05) is 0 Å². The third-order valence-corrected chi connectivity index (χ3v) is 2.38. The molecule has 0 aliphatic carbocycles. The van der Waals surface area contributed by atoms with Crippen molar-refractivity contribution in [2.45, 2.75) is 12.0 Å². The van der Waals surface area contributed by atoms with E-state index in [1.165, 1.54) is 6.20 Å². The molecule has 2 aromatic rings. The number of fused-ring (bicyclic) bond motifs is 1. The van der Waals surface area contributed by atoms with Crippen molar-refractivity contribution in [3.05, 3.63) is 22.4 Å². The highest BCUT2D eigenvalue weighted by Gasteiger charge is 2.10. The second kappa shape index (κ2) is 5.26. The first-order valence-corrected chi connectivity index (χ1v) is 5.43. The van der Waals surface area contributed by atoms with Crippen LogP contribution in [-0.2, 0) is 11.2 Å². The van der Waals surface area contributed by atoms with Crippen LogP contribution in [0.15, 0.2) is 11.0 Å². The van der Waals surface area contributed by atoms with E-state index in [1.54, 1.807) is 0 Å². The molecule has 0 amide bonds. The minimum atomic E-state index is -0.644. The van der Waals surface area contributed by atoms with E-state index < -0.39 is 5.56 Å². The van der Waals surface area contributed by atoms with E-state index >= 15 is 0 Å². The Hall–Kier alpha value is -1.44. The van der Waals surface area contributed by atoms with Crippen LogP contribution in [0.25, 0.3) is 11.0 Å². The number of nitrogens with zero attached hydrogens (tertiary/aromatic N) is 2. The molecular weight excluding hydrogens is 248 g/mol. The van der Waals surface area contributed by atoms with Gasteiger partial charge in [0.05, 0.1) is 19.4 Å². The Morgan fingerprint density at radius 3 is 3.18 bits per heavy atom. The number of hydrogen-bond acceptors (Lipinski definition) is 5. The molecule has 0 bridgehead atoms. The predicted octanol–water partition coefficient (Wildman–Crippen LogP) is -0.238. The number of aromatic nitrogens is 4. The Balaban J connectivity index is 2.16. The molecule has 92 valence electrons. The molecule has 0 radical (unpaired) electrons. The van der Waals surface area contributed by atoms with E-state index in [2.05, 4.69) is 20.2 Å². The molecule has 2 rings (SSSR count). The number of halogens is 1. The lowest BCUT2D eigenvalue weighted by atomic mass is 10.4. The van der Waals surface area contributed by atoms with E-state index in [-0.39, 0.29) is 25.2 Å². The first-order chi connectivity index (χ1) is 8.20. The van der Waals surface area contributed by atoms with Crippen LogP contribution in [-0.4, -0.2) is 44.0 Å². The fourth-order valence-electron chi connectivity index (χ4n) is 1.39. The van der Waals surface area contributed by atoms with E-state index in [0.717, 1.165) is 0 Å². The second-order valence-corrected chi connectivity index (χ2v) is 3.84. The maximum Gasteiger partial charge on any atom is 0.276 e. The van der Waals surface area contributed by atoms with Gasteiger partial charge < -0.3 is 14.8 Å². The van der Waals surface area contributed by atoms with Gasteiger partial charge in [0.25, 0.3) is 5.56 Å². The summed E-state index contributed by atoms with van der Waals surface area (Å²) in [4.78, 5) is 18.3. The fraction of sp³-hybridized carbons (Fsp3) is 0.444. The number of ether oxygens (including phenoxy) is 1. The Kier molecular flexibility index (Phi) is 3.72. The monoisotopic (exact) mass is 258 g/mol. The van der Waals surface area contributed by atoms with Crippen molar-refractivity contribution in [3.8, 4) is 0 Å². The maximum atomic E-state index is 11.6. The van der Waals surface area contributed by atoms with Crippen LogP contribution < -0.4 is 5.56 Å². The lowest BCUT2D eigenvalue weighted by Crippen LogP contribution is -2.17. The average molecular weight is 259 g/mol. The van der Waals surface area contributed by atoms with Crippen molar-refractivity contribution in [3.63, 3.8) is 0 Å². The summed E-state index contributed by atoms with van der Waals surface area (Å²) in [7, 11) is 0. The number of aromatic amines is 2. The topological polar surface area (TPSA) is 104 Å². The molecular formula is C9H11ClN4O3. The summed E-state index contributed by atoms with van der Waals surface area (Å²) in [5.74, 6) is 0.418. The molecule has 0 fully saturated rings. The molecule has 0 saturated carbocycles. The quantitative estimate of drug-likeness (QED) is 0.642. The number of aliphatic hydroxyl groups is 1. The number of nitrogens with one attached hydrogen (secondary N) is 2. The molecule has 1 atom stereocenters. The first kappa shape index (κ1) is 12.0. The van der Waals surface area contributed by atoms with Gasteiger partial charge in [-0.2, -0.15) is 5.10 Å². The zero-order valence-corrected chi connectivity index (χ0v) is 9.57. The van der Waals surface area contributed by atoms with Gasteiger partial charge in [0.1, 0.15) is 22.4 Å². The molecule has 0 aliphatic heterocycles. The summed E-state index contributed by atoms with van der Waals surface area (Å²) < 4.78 is 5.06. The highest BCUT2D eigenvalue weighted by atomic mass is 35.5. The van der Waals surface area contributed by atoms with Crippen LogP contribution in [0.5, 0.6) is 0 Å². The van der Waals surface area contributed by atoms with Gasteiger partial charge in [-0.1, -0.05) is 11.6 Å². The Morgan fingerprint density at radius 2 is 2.41 bits per heavy atom. The van der Waals surface area contributed by atoms with Crippen molar-refractivity contribution < 1.29 is 9.84 Å². The average Bonchev–Trinajstić information content (AvgIpc) is 2.75. The fourth-order valence-corrected chi connectivity index (χ4v) is 1.62. The zero-order valence-electron chi connectivity index (χ0n) is 8.81. The van der Waals surface area contributed by atoms with E-state index in [0.29, 0.717) is 16.9 Å². The third-order valence-electron chi connectivity index (χ3n) is 2.10. The van der Waals surface area contributed by atoms with Gasteiger partial charge >= 0.3 is 0 Å². The summed E-state index contributed by atoms with van der Waals surface area (Å²) in [6.45, 7) is 0.0420. The van der Waals surface area contributed by atoms with Crippen LogP contribution in [0.4, 0.5) is 0 Å². The van der Waals surface area contributed by atoms with Crippen LogP contribution >= 0.6 is 11.6 Å².